The zero-order chi connectivity index (χ0) is 101. The Morgan fingerprint density at radius 1 is 0.594 bits per heavy atom. The molecular weight excluding hydrogens is 1280 g/mol. The molecule has 2 aromatic heterocycles. The smallest absolute Gasteiger partial charge is 0.336 e. The van der Waals surface area contributed by atoms with Crippen LogP contribution in [-0.4, -0.2) is 102 Å². The normalized spacial score (nSPS) is 22.9. The molecule has 0 fully saturated rings. The van der Waals surface area contributed by atoms with E-state index >= 15 is 4.79 Å². The van der Waals surface area contributed by atoms with Gasteiger partial charge >= 0.3 is 12.4 Å². The largest absolute Gasteiger partial charge is 0.416 e. The number of carbonyl (C=O) groups is 2. The van der Waals surface area contributed by atoms with Crippen LogP contribution in [0.15, 0.2) is 165 Å². The number of benzene rings is 6. The second-order valence-electron chi connectivity index (χ2n) is 20.3. The van der Waals surface area contributed by atoms with E-state index in [4.69, 9.17) is 39.8 Å². The van der Waals surface area contributed by atoms with E-state index in [0.29, 0.717) is 59.5 Å². The maximum atomic E-state index is 15.2. The van der Waals surface area contributed by atoms with E-state index < -0.39 is 275 Å². The molecule has 2 amide bonds. The summed E-state index contributed by atoms with van der Waals surface area (Å²) in [5, 5.41) is -0.956. The van der Waals surface area contributed by atoms with Gasteiger partial charge in [0.15, 0.2) is 10.3 Å². The van der Waals surface area contributed by atoms with E-state index in [-0.39, 0.29) is 61.5 Å². The summed E-state index contributed by atoms with van der Waals surface area (Å²) in [6.45, 7) is -31.4. The van der Waals surface area contributed by atoms with Crippen molar-refractivity contribution in [1.29, 1.82) is 0 Å². The summed E-state index contributed by atoms with van der Waals surface area (Å²) < 4.78 is 423. The molecule has 0 saturated heterocycles. The van der Waals surface area contributed by atoms with Crippen molar-refractivity contribution < 1.29 is 94.1 Å². The molecule has 2 unspecified atom stereocenters. The van der Waals surface area contributed by atoms with Gasteiger partial charge in [-0.05, 0) is 164 Å². The van der Waals surface area contributed by atoms with Gasteiger partial charge in [0.2, 0.25) is 11.8 Å². The van der Waals surface area contributed by atoms with Gasteiger partial charge in [-0.1, -0.05) is 155 Å². The average molecular weight is 1400 g/mol. The first-order chi connectivity index (χ1) is 59.6. The van der Waals surface area contributed by atoms with Crippen molar-refractivity contribution in [3.63, 3.8) is 0 Å². The highest BCUT2D eigenvalue weighted by Crippen LogP contribution is 2.35. The average Bonchev–Trinajstić information content (AvgIpc) is 1.50. The first-order valence-corrected chi connectivity index (χ1v) is 30.5. The van der Waals surface area contributed by atoms with Gasteiger partial charge in [0.25, 0.3) is 11.1 Å². The van der Waals surface area contributed by atoms with E-state index in [1.54, 1.807) is 0 Å². The van der Waals surface area contributed by atoms with Gasteiger partial charge < -0.3 is 28.7 Å². The molecule has 22 heteroatoms. The molecule has 96 heavy (non-hydrogen) atoms. The van der Waals surface area contributed by atoms with Gasteiger partial charge in [0, 0.05) is 89.8 Å². The Bertz CT molecular complexity index is 5880. The van der Waals surface area contributed by atoms with Crippen molar-refractivity contribution in [3.8, 4) is 22.3 Å². The SMILES string of the molecule is [2H]c1c([2H])c(C(F)(F)F)c([2H])c([2H])c1-c1c([2H])c([2H])c(C([2H])([2H])N(C(=O)Cn2c(SCc3ccc(F)cc3)nc(=O)c3c2C([2H])([2H])C([2H])(C)C3([2H])[2H])C([2H])([2H])C([2H])([2H])N(C([2H])([2H])C)C([2H])([2H])C)c([2H])c1[2H].[2H]c1c([2H])c(CSc2nc(=O)c3c(n2CC(=O)N(C([2H])(C)c2ccc(-c4ccc(C(F)(F)F)cc4)cc2)C([2H])([2H])C([2H])([2H])N(C([2H])([2H])C)C([2H])([2H])C)CCC3)c([2H])c([2H])c1F. The molecule has 2 heterocycles. The molecule has 0 aliphatic heterocycles. The van der Waals surface area contributed by atoms with E-state index in [2.05, 4.69) is 9.97 Å². The zero-order valence-electron chi connectivity index (χ0n) is 87.4. The van der Waals surface area contributed by atoms with Crippen LogP contribution in [0.5, 0.6) is 0 Å². The summed E-state index contributed by atoms with van der Waals surface area (Å²) in [4.78, 5) is 63.9. The number of hydrogen-bond donors (Lipinski definition) is 0. The molecule has 10 rings (SSSR count). The molecule has 0 spiro atoms. The maximum Gasteiger partial charge on any atom is 0.416 e. The number of rotatable bonds is 26. The van der Waals surface area contributed by atoms with Gasteiger partial charge in [-0.15, -0.1) is 0 Å². The summed E-state index contributed by atoms with van der Waals surface area (Å²) in [7, 11) is 0. The van der Waals surface area contributed by atoms with Crippen molar-refractivity contribution in [2.24, 2.45) is 5.89 Å². The van der Waals surface area contributed by atoms with Gasteiger partial charge in [-0.3, -0.25) is 19.2 Å². The second kappa shape index (κ2) is 32.9. The van der Waals surface area contributed by atoms with Crippen LogP contribution in [0.1, 0.15) is 159 Å². The lowest BCUT2D eigenvalue weighted by Gasteiger charge is -2.33. The number of carbonyl (C=O) groups excluding carboxylic acids is 2. The van der Waals surface area contributed by atoms with Gasteiger partial charge in [-0.25, -0.2) is 8.78 Å². The molecule has 0 N–H and O–H groups in total. The minimum absolute atomic E-state index is 0.0440. The van der Waals surface area contributed by atoms with E-state index in [1.165, 1.54) is 53.1 Å². The number of halogens is 8. The lowest BCUT2D eigenvalue weighted by molar-refractivity contribution is -0.138. The Hall–Kier alpha value is -7.92. The second-order valence-corrected chi connectivity index (χ2v) is 22.1. The standard InChI is InChI=1S/2C37H40F4N4O2S/c1-4-43(5-2)18-19-44(22-26-6-10-28(11-7-26)29-12-14-30(15-13-29)37(39,40)41)34(46)23-45-33-21-25(3)20-32(33)35(47)42-36(45)48-24-27-8-16-31(38)17-9-27;1-4-43(5-2)21-22-44(25(3)27-11-13-28(14-12-27)29-15-17-30(18-16-29)37(39,40)41)34(46)23-45-33-8-6-7-32(33)35(47)42-36(45)48-24-26-9-19-31(38)20-10-26/h6-17,25H,4-5,18-24H2,1-3H3;9-20,25H,4-8,21-24H2,1-3H3/i4D2,5D2,6D,7D,10D,11D,12D,13D,14D,15D,18D2,19D2,20D2,21D2,22D2,25D;4D2,5D2,9D,10D,19D,20D,21D2,22D2,25D. The minimum atomic E-state index is -5.49. The van der Waals surface area contributed by atoms with Crippen LogP contribution < -0.4 is 11.1 Å². The molecule has 8 aromatic rings. The molecule has 12 nitrogen and oxygen atoms in total. The van der Waals surface area contributed by atoms with E-state index in [0.717, 1.165) is 52.0 Å². The van der Waals surface area contributed by atoms with Gasteiger partial charge in [0.05, 0.1) is 43.2 Å². The summed E-state index contributed by atoms with van der Waals surface area (Å²) >= 11 is 1.18. The Morgan fingerprint density at radius 3 is 1.66 bits per heavy atom. The third-order valence-corrected chi connectivity index (χ3v) is 16.0. The Labute approximate surface area is 614 Å². The number of likely N-dealkylation sites (N-methyl/N-ethyl adjacent to an activating group) is 2. The number of hydrogen-bond acceptors (Lipinski definition) is 10. The highest BCUT2D eigenvalue weighted by molar-refractivity contribution is 7.98. The van der Waals surface area contributed by atoms with Crippen molar-refractivity contribution in [2.75, 3.05) is 52.0 Å². The minimum Gasteiger partial charge on any atom is -0.336 e. The number of fused-ring (bicyclic) bond motifs is 2. The fraction of sp³-hybridized carbons (Fsp3) is 0.378. The number of aromatic nitrogens is 4. The molecule has 0 saturated carbocycles. The molecule has 2 aliphatic carbocycles. The van der Waals surface area contributed by atoms with Crippen molar-refractivity contribution in [3.05, 3.63) is 234 Å². The van der Waals surface area contributed by atoms with Gasteiger partial charge in [0.1, 0.15) is 24.7 Å². The zero-order valence-corrected chi connectivity index (χ0v) is 53.1. The monoisotopic (exact) mass is 1400 g/mol. The molecule has 0 bridgehead atoms. The Kier molecular flexibility index (Phi) is 13.1. The molecule has 2 atom stereocenters. The predicted molar refractivity (Wildman–Crippen MR) is 362 cm³/mol. The third-order valence-electron chi connectivity index (χ3n) is 14.0. The maximum absolute atomic E-state index is 15.2. The van der Waals surface area contributed by atoms with Crippen molar-refractivity contribution in [2.45, 2.75) is 133 Å². The number of thioether (sulfide) groups is 2. The summed E-state index contributed by atoms with van der Waals surface area (Å²) in [5.74, 6) is -9.21. The third kappa shape index (κ3) is 18.8. The predicted octanol–water partition coefficient (Wildman–Crippen LogP) is 15.2. The van der Waals surface area contributed by atoms with Crippen LogP contribution in [0.2, 0.25) is 0 Å². The number of nitrogens with zero attached hydrogens (tertiary/aromatic N) is 8. The molecule has 2 aliphatic rings. The van der Waals surface area contributed by atoms with Crippen molar-refractivity contribution in [1.82, 2.24) is 38.7 Å². The van der Waals surface area contributed by atoms with Crippen LogP contribution in [0.3, 0.4) is 0 Å². The summed E-state index contributed by atoms with van der Waals surface area (Å²) in [6.07, 6.45) is -15.8. The van der Waals surface area contributed by atoms with E-state index in [1.807, 2.05) is 0 Å². The highest BCUT2D eigenvalue weighted by atomic mass is 32.2. The highest BCUT2D eigenvalue weighted by Gasteiger charge is 2.33. The van der Waals surface area contributed by atoms with E-state index in [9.17, 15) is 59.1 Å². The summed E-state index contributed by atoms with van der Waals surface area (Å²) in [5.41, 5.74) is -10.6. The first-order valence-electron chi connectivity index (χ1n) is 46.5. The number of amides is 2. The first kappa shape index (κ1) is 38.3. The quantitative estimate of drug-likeness (QED) is 0.0295. The summed E-state index contributed by atoms with van der Waals surface area (Å²) in [6, 6.07) is -4.86. The van der Waals surface area contributed by atoms with Crippen LogP contribution in [0, 0.1) is 17.5 Å². The Morgan fingerprint density at radius 2 is 1.09 bits per heavy atom. The molecule has 0 radical (unpaired) electrons. The number of alkyl halides is 6. The van der Waals surface area contributed by atoms with Crippen LogP contribution in [0.25, 0.3) is 22.3 Å². The lowest BCUT2D eigenvalue weighted by Crippen LogP contribution is -2.42. The lowest BCUT2D eigenvalue weighted by atomic mass is 9.99. The van der Waals surface area contributed by atoms with Crippen LogP contribution in [-0.2, 0) is 78.6 Å². The Balaban J connectivity index is 0.000000300. The van der Waals surface area contributed by atoms with Crippen LogP contribution in [0.4, 0.5) is 35.1 Å². The van der Waals surface area contributed by atoms with Gasteiger partial charge in [-0.2, -0.15) is 36.3 Å². The van der Waals surface area contributed by atoms with Crippen molar-refractivity contribution >= 4 is 35.3 Å². The fourth-order valence-corrected chi connectivity index (χ4v) is 11.0. The van der Waals surface area contributed by atoms with Crippen LogP contribution >= 0.6 is 23.5 Å². The molecule has 508 valence electrons. The topological polar surface area (TPSA) is 117 Å². The fourth-order valence-electron chi connectivity index (χ4n) is 9.17. The molecule has 6 aromatic carbocycles. The molecular formula is C74H80F8N8O4S2.